The molecule has 1 aliphatic rings. The van der Waals surface area contributed by atoms with Crippen LogP contribution in [0.15, 0.2) is 42.7 Å². The van der Waals surface area contributed by atoms with Crippen molar-refractivity contribution in [2.45, 2.75) is 6.92 Å². The van der Waals surface area contributed by atoms with Crippen LogP contribution in [0.2, 0.25) is 0 Å². The van der Waals surface area contributed by atoms with Gasteiger partial charge in [0, 0.05) is 42.6 Å². The summed E-state index contributed by atoms with van der Waals surface area (Å²) >= 11 is 1.57. The Kier molecular flexibility index (Phi) is 3.78. The third-order valence-electron chi connectivity index (χ3n) is 4.89. The van der Waals surface area contributed by atoms with Crippen LogP contribution in [0.5, 0.6) is 0 Å². The van der Waals surface area contributed by atoms with E-state index in [0.717, 1.165) is 39.6 Å². The molecule has 136 valence electrons. The van der Waals surface area contributed by atoms with Crippen molar-refractivity contribution in [3.8, 4) is 0 Å². The summed E-state index contributed by atoms with van der Waals surface area (Å²) in [6.45, 7) is 4.85. The lowest BCUT2D eigenvalue weighted by atomic mass is 10.2. The van der Waals surface area contributed by atoms with Gasteiger partial charge in [-0.05, 0) is 24.4 Å². The maximum atomic E-state index is 12.9. The van der Waals surface area contributed by atoms with E-state index in [-0.39, 0.29) is 5.91 Å². The summed E-state index contributed by atoms with van der Waals surface area (Å²) in [7, 11) is 0. The van der Waals surface area contributed by atoms with Gasteiger partial charge >= 0.3 is 0 Å². The van der Waals surface area contributed by atoms with Crippen molar-refractivity contribution in [2.24, 2.45) is 0 Å². The van der Waals surface area contributed by atoms with Gasteiger partial charge in [0.05, 0.1) is 4.88 Å². The summed E-state index contributed by atoms with van der Waals surface area (Å²) in [5, 5.41) is 5.41. The number of thiophene rings is 1. The Morgan fingerprint density at radius 1 is 1.11 bits per heavy atom. The molecule has 4 aromatic rings. The average Bonchev–Trinajstić information content (AvgIpc) is 3.33. The average molecular weight is 378 g/mol. The summed E-state index contributed by atoms with van der Waals surface area (Å²) in [5.41, 5.74) is 0.911. The van der Waals surface area contributed by atoms with Crippen molar-refractivity contribution in [2.75, 3.05) is 31.1 Å². The van der Waals surface area contributed by atoms with E-state index in [9.17, 15) is 4.79 Å². The molecule has 0 unspecified atom stereocenters. The van der Waals surface area contributed by atoms with Gasteiger partial charge in [-0.2, -0.15) is 14.6 Å². The zero-order valence-corrected chi connectivity index (χ0v) is 15.7. The number of rotatable bonds is 2. The second-order valence-electron chi connectivity index (χ2n) is 6.66. The Labute approximate surface area is 159 Å². The molecule has 0 radical (unpaired) electrons. The van der Waals surface area contributed by atoms with E-state index in [1.165, 1.54) is 6.33 Å². The van der Waals surface area contributed by atoms with Crippen LogP contribution in [-0.4, -0.2) is 56.6 Å². The minimum Gasteiger partial charge on any atom is -0.353 e. The molecule has 3 aromatic heterocycles. The number of aromatic nitrogens is 4. The van der Waals surface area contributed by atoms with Crippen LogP contribution in [-0.2, 0) is 0 Å². The van der Waals surface area contributed by atoms with Gasteiger partial charge in [-0.15, -0.1) is 11.3 Å². The SMILES string of the molecule is Cc1cc(N2CCN(C(=O)c3cc4ccccc4s3)CC2)n2ncnc2n1. The van der Waals surface area contributed by atoms with E-state index >= 15 is 0 Å². The molecule has 4 heterocycles. The first-order chi connectivity index (χ1) is 13.2. The third kappa shape index (κ3) is 2.82. The number of anilines is 1. The summed E-state index contributed by atoms with van der Waals surface area (Å²) in [5.74, 6) is 1.70. The lowest BCUT2D eigenvalue weighted by molar-refractivity contribution is 0.0751. The van der Waals surface area contributed by atoms with Crippen LogP contribution >= 0.6 is 11.3 Å². The molecule has 0 N–H and O–H groups in total. The fraction of sp³-hybridized carbons (Fsp3) is 0.263. The van der Waals surface area contributed by atoms with Crippen molar-refractivity contribution < 1.29 is 4.79 Å². The summed E-state index contributed by atoms with van der Waals surface area (Å²) < 4.78 is 2.91. The molecule has 1 fully saturated rings. The smallest absolute Gasteiger partial charge is 0.264 e. The molecule has 1 aromatic carbocycles. The molecule has 1 aliphatic heterocycles. The number of amides is 1. The second kappa shape index (κ2) is 6.31. The number of aryl methyl sites for hydroxylation is 1. The zero-order valence-electron chi connectivity index (χ0n) is 14.9. The van der Waals surface area contributed by atoms with Crippen LogP contribution in [0.25, 0.3) is 15.9 Å². The van der Waals surface area contributed by atoms with Crippen molar-refractivity contribution in [1.29, 1.82) is 0 Å². The van der Waals surface area contributed by atoms with Crippen molar-refractivity contribution in [3.63, 3.8) is 0 Å². The minimum absolute atomic E-state index is 0.118. The van der Waals surface area contributed by atoms with Crippen molar-refractivity contribution in [1.82, 2.24) is 24.5 Å². The summed E-state index contributed by atoms with van der Waals surface area (Å²) in [4.78, 5) is 26.5. The van der Waals surface area contributed by atoms with E-state index in [4.69, 9.17) is 0 Å². The molecule has 0 saturated carbocycles. The highest BCUT2D eigenvalue weighted by atomic mass is 32.1. The summed E-state index contributed by atoms with van der Waals surface area (Å²) in [6.07, 6.45) is 1.52. The Morgan fingerprint density at radius 2 is 1.93 bits per heavy atom. The van der Waals surface area contributed by atoms with Gasteiger partial charge in [0.1, 0.15) is 12.1 Å². The number of benzene rings is 1. The van der Waals surface area contributed by atoms with Crippen LogP contribution in [0.4, 0.5) is 5.82 Å². The van der Waals surface area contributed by atoms with Gasteiger partial charge in [0.2, 0.25) is 0 Å². The molecular formula is C19H18N6OS. The molecule has 27 heavy (non-hydrogen) atoms. The minimum atomic E-state index is 0.118. The molecule has 0 spiro atoms. The van der Waals surface area contributed by atoms with Gasteiger partial charge in [0.25, 0.3) is 11.7 Å². The van der Waals surface area contributed by atoms with E-state index in [2.05, 4.69) is 32.1 Å². The lowest BCUT2D eigenvalue weighted by Gasteiger charge is -2.35. The Morgan fingerprint density at radius 3 is 2.74 bits per heavy atom. The lowest BCUT2D eigenvalue weighted by Crippen LogP contribution is -2.49. The molecule has 1 saturated heterocycles. The van der Waals surface area contributed by atoms with Crippen LogP contribution < -0.4 is 4.90 Å². The van der Waals surface area contributed by atoms with Crippen LogP contribution in [0, 0.1) is 6.92 Å². The quantitative estimate of drug-likeness (QED) is 0.536. The molecule has 5 rings (SSSR count). The van der Waals surface area contributed by atoms with Gasteiger partial charge in [-0.1, -0.05) is 18.2 Å². The fourth-order valence-electron chi connectivity index (χ4n) is 3.52. The predicted octanol–water partition coefficient (Wildman–Crippen LogP) is 2.61. The molecule has 0 aliphatic carbocycles. The van der Waals surface area contributed by atoms with Crippen LogP contribution in [0.1, 0.15) is 15.4 Å². The number of fused-ring (bicyclic) bond motifs is 2. The molecule has 0 bridgehead atoms. The van der Waals surface area contributed by atoms with Gasteiger partial charge < -0.3 is 9.80 Å². The number of carbonyl (C=O) groups excluding carboxylic acids is 1. The van der Waals surface area contributed by atoms with E-state index in [1.54, 1.807) is 15.9 Å². The maximum Gasteiger partial charge on any atom is 0.264 e. The van der Waals surface area contributed by atoms with Crippen LogP contribution in [0.3, 0.4) is 0 Å². The first kappa shape index (κ1) is 16.2. The van der Waals surface area contributed by atoms with E-state index < -0.39 is 0 Å². The highest BCUT2D eigenvalue weighted by molar-refractivity contribution is 7.20. The maximum absolute atomic E-state index is 12.9. The Balaban J connectivity index is 1.35. The number of hydrogen-bond acceptors (Lipinski definition) is 6. The number of nitrogens with zero attached hydrogens (tertiary/aromatic N) is 6. The van der Waals surface area contributed by atoms with Gasteiger partial charge in [-0.25, -0.2) is 4.98 Å². The molecular weight excluding hydrogens is 360 g/mol. The van der Waals surface area contributed by atoms with Crippen molar-refractivity contribution >= 4 is 38.9 Å². The van der Waals surface area contributed by atoms with E-state index in [1.807, 2.05) is 36.1 Å². The van der Waals surface area contributed by atoms with Gasteiger partial charge in [0.15, 0.2) is 0 Å². The molecule has 7 nitrogen and oxygen atoms in total. The third-order valence-corrected chi connectivity index (χ3v) is 5.99. The Bertz CT molecular complexity index is 1110. The predicted molar refractivity (Wildman–Crippen MR) is 105 cm³/mol. The first-order valence-corrected chi connectivity index (χ1v) is 9.71. The van der Waals surface area contributed by atoms with Crippen molar-refractivity contribution in [3.05, 3.63) is 53.3 Å². The molecule has 0 atom stereocenters. The number of hydrogen-bond donors (Lipinski definition) is 0. The monoisotopic (exact) mass is 378 g/mol. The Hall–Kier alpha value is -3.00. The number of carbonyl (C=O) groups is 1. The largest absolute Gasteiger partial charge is 0.353 e. The molecule has 1 amide bonds. The first-order valence-electron chi connectivity index (χ1n) is 8.89. The van der Waals surface area contributed by atoms with Gasteiger partial charge in [-0.3, -0.25) is 4.79 Å². The molecule has 8 heteroatoms. The summed E-state index contributed by atoms with van der Waals surface area (Å²) in [6, 6.07) is 12.1. The van der Waals surface area contributed by atoms with E-state index in [0.29, 0.717) is 18.9 Å². The zero-order chi connectivity index (χ0) is 18.4. The second-order valence-corrected chi connectivity index (χ2v) is 7.74. The fourth-order valence-corrected chi connectivity index (χ4v) is 4.55. The topological polar surface area (TPSA) is 66.6 Å². The standard InChI is InChI=1S/C19H18N6OS/c1-13-10-17(25-19(22-13)20-12-21-25)23-6-8-24(9-7-23)18(26)16-11-14-4-2-3-5-15(14)27-16/h2-5,10-12H,6-9H2,1H3. The highest BCUT2D eigenvalue weighted by Gasteiger charge is 2.25. The number of piperazine rings is 1. The highest BCUT2D eigenvalue weighted by Crippen LogP contribution is 2.27. The normalized spacial score (nSPS) is 15.0.